The van der Waals surface area contributed by atoms with Crippen LogP contribution in [0.5, 0.6) is 0 Å². The first-order valence-corrected chi connectivity index (χ1v) is 7.64. The van der Waals surface area contributed by atoms with E-state index in [1.807, 2.05) is 32.9 Å². The summed E-state index contributed by atoms with van der Waals surface area (Å²) in [6, 6.07) is 5.48. The second-order valence-electron chi connectivity index (χ2n) is 5.28. The second-order valence-corrected chi connectivity index (χ2v) is 5.28. The van der Waals surface area contributed by atoms with E-state index in [9.17, 15) is 9.59 Å². The number of aromatic nitrogens is 2. The lowest BCUT2D eigenvalue weighted by molar-refractivity contribution is 0.0936. The number of hydrogen-bond donors (Lipinski definition) is 2. The molecular weight excluding hydrogens is 280 g/mol. The molecule has 0 saturated carbocycles. The molecule has 118 valence electrons. The van der Waals surface area contributed by atoms with Crippen molar-refractivity contribution >= 4 is 17.3 Å². The van der Waals surface area contributed by atoms with Crippen molar-refractivity contribution in [1.82, 2.24) is 20.0 Å². The van der Waals surface area contributed by atoms with E-state index in [0.717, 1.165) is 12.8 Å². The Morgan fingerprint density at radius 3 is 2.73 bits per heavy atom. The van der Waals surface area contributed by atoms with Crippen LogP contribution in [0.4, 0.5) is 0 Å². The molecular formula is C16H22N4O2. The molecule has 2 amide bonds. The molecule has 2 N–H and O–H groups in total. The minimum absolute atomic E-state index is 0.0605. The molecule has 0 bridgehead atoms. The summed E-state index contributed by atoms with van der Waals surface area (Å²) in [6.07, 6.45) is 3.42. The zero-order valence-electron chi connectivity index (χ0n) is 13.2. The van der Waals surface area contributed by atoms with Gasteiger partial charge in [-0.15, -0.1) is 0 Å². The van der Waals surface area contributed by atoms with Gasteiger partial charge in [0.25, 0.3) is 11.8 Å². The van der Waals surface area contributed by atoms with Crippen LogP contribution in [0, 0.1) is 0 Å². The van der Waals surface area contributed by atoms with Crippen LogP contribution in [0.25, 0.3) is 5.52 Å². The van der Waals surface area contributed by atoms with Gasteiger partial charge in [-0.3, -0.25) is 14.0 Å². The molecule has 0 aliphatic heterocycles. The number of pyridine rings is 1. The van der Waals surface area contributed by atoms with Crippen LogP contribution in [-0.4, -0.2) is 33.8 Å². The highest BCUT2D eigenvalue weighted by atomic mass is 16.2. The smallest absolute Gasteiger partial charge is 0.287 e. The van der Waals surface area contributed by atoms with Gasteiger partial charge in [0.05, 0.1) is 5.52 Å². The number of nitrogens with one attached hydrogen (secondary N) is 2. The highest BCUT2D eigenvalue weighted by Crippen LogP contribution is 2.13. The molecule has 0 aliphatic carbocycles. The minimum Gasteiger partial charge on any atom is -0.349 e. The average Bonchev–Trinajstić information content (AvgIpc) is 2.92. The Bertz CT molecular complexity index is 678. The van der Waals surface area contributed by atoms with Gasteiger partial charge in [-0.25, -0.2) is 4.98 Å². The lowest BCUT2D eigenvalue weighted by atomic mass is 10.2. The Morgan fingerprint density at radius 1 is 1.27 bits per heavy atom. The van der Waals surface area contributed by atoms with Gasteiger partial charge in [0.1, 0.15) is 0 Å². The first-order chi connectivity index (χ1) is 10.6. The zero-order valence-corrected chi connectivity index (χ0v) is 13.2. The largest absolute Gasteiger partial charge is 0.349 e. The highest BCUT2D eigenvalue weighted by Gasteiger charge is 2.21. The molecule has 0 spiro atoms. The third-order valence-electron chi connectivity index (χ3n) is 3.49. The van der Waals surface area contributed by atoms with Crippen molar-refractivity contribution in [3.63, 3.8) is 0 Å². The lowest BCUT2D eigenvalue weighted by Gasteiger charge is -2.09. The normalized spacial score (nSPS) is 12.1. The van der Waals surface area contributed by atoms with E-state index in [1.54, 1.807) is 16.7 Å². The molecule has 0 radical (unpaired) electrons. The topological polar surface area (TPSA) is 75.5 Å². The molecule has 1 unspecified atom stereocenters. The molecule has 2 aromatic heterocycles. The molecule has 2 aromatic rings. The average molecular weight is 302 g/mol. The Balaban J connectivity index is 2.39. The Labute approximate surface area is 129 Å². The van der Waals surface area contributed by atoms with E-state index in [0.29, 0.717) is 12.1 Å². The maximum atomic E-state index is 12.4. The maximum Gasteiger partial charge on any atom is 0.287 e. The first-order valence-electron chi connectivity index (χ1n) is 7.64. The van der Waals surface area contributed by atoms with Crippen LogP contribution in [0.2, 0.25) is 0 Å². The van der Waals surface area contributed by atoms with Crippen molar-refractivity contribution in [2.45, 2.75) is 39.7 Å². The van der Waals surface area contributed by atoms with E-state index >= 15 is 0 Å². The Hall–Kier alpha value is -2.37. The SMILES string of the molecule is CCCNC(=O)c1nc(C(=O)NC(C)CC)c2ccccn12. The summed E-state index contributed by atoms with van der Waals surface area (Å²) >= 11 is 0. The van der Waals surface area contributed by atoms with Crippen molar-refractivity contribution in [2.24, 2.45) is 0 Å². The predicted octanol–water partition coefficient (Wildman–Crippen LogP) is 2.00. The van der Waals surface area contributed by atoms with E-state index in [4.69, 9.17) is 0 Å². The predicted molar refractivity (Wildman–Crippen MR) is 85.0 cm³/mol. The summed E-state index contributed by atoms with van der Waals surface area (Å²) in [5.41, 5.74) is 0.910. The lowest BCUT2D eigenvalue weighted by Crippen LogP contribution is -2.32. The van der Waals surface area contributed by atoms with Crippen LogP contribution in [0.1, 0.15) is 54.7 Å². The molecule has 2 rings (SSSR count). The molecule has 2 heterocycles. The number of nitrogens with zero attached hydrogens (tertiary/aromatic N) is 2. The van der Waals surface area contributed by atoms with E-state index in [2.05, 4.69) is 15.6 Å². The van der Waals surface area contributed by atoms with Crippen LogP contribution in [-0.2, 0) is 0 Å². The van der Waals surface area contributed by atoms with Gasteiger partial charge in [-0.2, -0.15) is 0 Å². The molecule has 1 atom stereocenters. The van der Waals surface area contributed by atoms with Gasteiger partial charge in [0.2, 0.25) is 5.82 Å². The maximum absolute atomic E-state index is 12.4. The number of imidazole rings is 1. The standard InChI is InChI=1S/C16H22N4O2/c1-4-9-17-16(22)14-19-13(15(21)18-11(3)5-2)12-8-6-7-10-20(12)14/h6-8,10-11H,4-5,9H2,1-3H3,(H,17,22)(H,18,21). The summed E-state index contributed by atoms with van der Waals surface area (Å²) in [6.45, 7) is 6.49. The van der Waals surface area contributed by atoms with Gasteiger partial charge < -0.3 is 10.6 Å². The highest BCUT2D eigenvalue weighted by molar-refractivity contribution is 6.02. The van der Waals surface area contributed by atoms with Gasteiger partial charge in [0, 0.05) is 18.8 Å². The second kappa shape index (κ2) is 7.06. The van der Waals surface area contributed by atoms with Crippen LogP contribution < -0.4 is 10.6 Å². The molecule has 0 saturated heterocycles. The van der Waals surface area contributed by atoms with Gasteiger partial charge >= 0.3 is 0 Å². The van der Waals surface area contributed by atoms with Gasteiger partial charge in [0.15, 0.2) is 5.69 Å². The van der Waals surface area contributed by atoms with E-state index in [1.165, 1.54) is 0 Å². The van der Waals surface area contributed by atoms with Crippen molar-refractivity contribution < 1.29 is 9.59 Å². The number of rotatable bonds is 6. The number of carbonyl (C=O) groups excluding carboxylic acids is 2. The first kappa shape index (κ1) is 16.0. The van der Waals surface area contributed by atoms with Crippen LogP contribution in [0.15, 0.2) is 24.4 Å². The molecule has 0 fully saturated rings. The molecule has 0 aliphatic rings. The van der Waals surface area contributed by atoms with Crippen molar-refractivity contribution in [1.29, 1.82) is 0 Å². The molecule has 6 heteroatoms. The monoisotopic (exact) mass is 302 g/mol. The zero-order chi connectivity index (χ0) is 16.1. The van der Waals surface area contributed by atoms with Crippen molar-refractivity contribution in [2.75, 3.05) is 6.54 Å². The molecule has 0 aromatic carbocycles. The summed E-state index contributed by atoms with van der Waals surface area (Å²) in [5, 5.41) is 5.68. The molecule has 6 nitrogen and oxygen atoms in total. The third-order valence-corrected chi connectivity index (χ3v) is 3.49. The quantitative estimate of drug-likeness (QED) is 0.857. The van der Waals surface area contributed by atoms with Crippen molar-refractivity contribution in [3.8, 4) is 0 Å². The van der Waals surface area contributed by atoms with Crippen molar-refractivity contribution in [3.05, 3.63) is 35.9 Å². The Morgan fingerprint density at radius 2 is 2.05 bits per heavy atom. The number of hydrogen-bond acceptors (Lipinski definition) is 3. The number of carbonyl (C=O) groups is 2. The minimum atomic E-state index is -0.273. The number of amides is 2. The summed E-state index contributed by atoms with van der Waals surface area (Å²) < 4.78 is 1.65. The van der Waals surface area contributed by atoms with Crippen LogP contribution in [0.3, 0.4) is 0 Å². The molecule has 22 heavy (non-hydrogen) atoms. The van der Waals surface area contributed by atoms with Crippen LogP contribution >= 0.6 is 0 Å². The van der Waals surface area contributed by atoms with E-state index < -0.39 is 0 Å². The summed E-state index contributed by atoms with van der Waals surface area (Å²) in [5.74, 6) is -0.295. The fraction of sp³-hybridized carbons (Fsp3) is 0.438. The summed E-state index contributed by atoms with van der Waals surface area (Å²) in [4.78, 5) is 28.8. The Kier molecular flexibility index (Phi) is 5.14. The third kappa shape index (κ3) is 3.27. The fourth-order valence-corrected chi connectivity index (χ4v) is 2.08. The van der Waals surface area contributed by atoms with Gasteiger partial charge in [-0.1, -0.05) is 19.9 Å². The van der Waals surface area contributed by atoms with E-state index in [-0.39, 0.29) is 29.4 Å². The summed E-state index contributed by atoms with van der Waals surface area (Å²) in [7, 11) is 0. The fourth-order valence-electron chi connectivity index (χ4n) is 2.08. The number of fused-ring (bicyclic) bond motifs is 1. The van der Waals surface area contributed by atoms with Gasteiger partial charge in [-0.05, 0) is 31.9 Å².